The van der Waals surface area contributed by atoms with Gasteiger partial charge in [-0.2, -0.15) is 11.8 Å². The molecule has 0 radical (unpaired) electrons. The fraction of sp³-hybridized carbons (Fsp3) is 0.818. The van der Waals surface area contributed by atoms with Crippen molar-refractivity contribution in [3.8, 4) is 0 Å². The fourth-order valence-electron chi connectivity index (χ4n) is 1.66. The molecule has 0 bridgehead atoms. The molecule has 0 N–H and O–H groups in total. The zero-order valence-electron chi connectivity index (χ0n) is 9.74. The van der Waals surface area contributed by atoms with Gasteiger partial charge in [0, 0.05) is 19.5 Å². The average molecular weight is 245 g/mol. The number of hydrogen-bond acceptors (Lipinski definition) is 4. The largest absolute Gasteiger partial charge is 0.465 e. The first-order valence-electron chi connectivity index (χ1n) is 5.75. The van der Waals surface area contributed by atoms with Crippen LogP contribution in [0.1, 0.15) is 26.2 Å². The van der Waals surface area contributed by atoms with E-state index in [1.165, 1.54) is 0 Å². The van der Waals surface area contributed by atoms with Crippen molar-refractivity contribution in [1.82, 2.24) is 4.90 Å². The van der Waals surface area contributed by atoms with Crippen LogP contribution in [0.4, 0.5) is 0 Å². The van der Waals surface area contributed by atoms with Crippen LogP contribution in [0.2, 0.25) is 0 Å². The zero-order chi connectivity index (χ0) is 11.8. The molecule has 4 nitrogen and oxygen atoms in total. The monoisotopic (exact) mass is 245 g/mol. The van der Waals surface area contributed by atoms with E-state index in [0.717, 1.165) is 31.7 Å². The molecule has 0 unspecified atom stereocenters. The summed E-state index contributed by atoms with van der Waals surface area (Å²) in [4.78, 5) is 24.2. The number of nitrogens with zero attached hydrogens (tertiary/aromatic N) is 1. The van der Waals surface area contributed by atoms with E-state index in [0.29, 0.717) is 18.8 Å². The Kier molecular flexibility index (Phi) is 6.30. The molecule has 16 heavy (non-hydrogen) atoms. The Labute approximate surface area is 101 Å². The van der Waals surface area contributed by atoms with Crippen LogP contribution in [0.15, 0.2) is 0 Å². The van der Waals surface area contributed by atoms with Gasteiger partial charge in [0.15, 0.2) is 0 Å². The summed E-state index contributed by atoms with van der Waals surface area (Å²) < 4.78 is 4.81. The number of hydrogen-bond donors (Lipinski definition) is 0. The highest BCUT2D eigenvalue weighted by Gasteiger charge is 2.18. The first-order valence-corrected chi connectivity index (χ1v) is 6.90. The predicted molar refractivity (Wildman–Crippen MR) is 64.4 cm³/mol. The molecule has 0 aromatic rings. The molecule has 92 valence electrons. The van der Waals surface area contributed by atoms with E-state index in [-0.39, 0.29) is 11.9 Å². The number of esters is 1. The van der Waals surface area contributed by atoms with Gasteiger partial charge in [0.05, 0.1) is 12.4 Å². The first kappa shape index (κ1) is 13.4. The van der Waals surface area contributed by atoms with E-state index in [1.54, 1.807) is 11.8 Å². The second-order valence-electron chi connectivity index (χ2n) is 3.70. The highest BCUT2D eigenvalue weighted by molar-refractivity contribution is 7.99. The minimum atomic E-state index is -0.148. The van der Waals surface area contributed by atoms with Crippen LogP contribution in [0.25, 0.3) is 0 Å². The number of amides is 1. The van der Waals surface area contributed by atoms with E-state index < -0.39 is 0 Å². The lowest BCUT2D eigenvalue weighted by Gasteiger charge is -2.14. The molecule has 0 aromatic heterocycles. The molecule has 0 saturated carbocycles. The van der Waals surface area contributed by atoms with Crippen molar-refractivity contribution in [3.63, 3.8) is 0 Å². The third-order valence-electron chi connectivity index (χ3n) is 2.41. The maximum atomic E-state index is 11.3. The van der Waals surface area contributed by atoms with Gasteiger partial charge in [0.1, 0.15) is 0 Å². The summed E-state index contributed by atoms with van der Waals surface area (Å²) in [6.45, 7) is 3.99. The molecule has 0 aromatic carbocycles. The molecule has 1 aliphatic rings. The quantitative estimate of drug-likeness (QED) is 0.501. The molecule has 0 spiro atoms. The van der Waals surface area contributed by atoms with Gasteiger partial charge in [-0.25, -0.2) is 0 Å². The second-order valence-corrected chi connectivity index (χ2v) is 4.80. The lowest BCUT2D eigenvalue weighted by molar-refractivity contribution is -0.139. The third kappa shape index (κ3) is 4.88. The molecule has 1 rings (SSSR count). The molecule has 1 heterocycles. The smallest absolute Gasteiger partial charge is 0.315 e. The van der Waals surface area contributed by atoms with Gasteiger partial charge in [0.2, 0.25) is 5.91 Å². The molecular formula is C11H19NO3S. The summed E-state index contributed by atoms with van der Waals surface area (Å²) in [5.41, 5.74) is 0. The molecular weight excluding hydrogens is 226 g/mol. The van der Waals surface area contributed by atoms with Crippen LogP contribution < -0.4 is 0 Å². The SMILES string of the molecule is CCOC(=O)CSCCCN1CCCC1=O. The molecule has 1 amide bonds. The van der Waals surface area contributed by atoms with Gasteiger partial charge < -0.3 is 9.64 Å². The first-order chi connectivity index (χ1) is 7.74. The van der Waals surface area contributed by atoms with Crippen LogP contribution >= 0.6 is 11.8 Å². The summed E-state index contributed by atoms with van der Waals surface area (Å²) in [6.07, 6.45) is 2.65. The van der Waals surface area contributed by atoms with Gasteiger partial charge in [-0.1, -0.05) is 0 Å². The van der Waals surface area contributed by atoms with Crippen LogP contribution in [-0.2, 0) is 14.3 Å². The topological polar surface area (TPSA) is 46.6 Å². The Hall–Kier alpha value is -0.710. The van der Waals surface area contributed by atoms with Crippen molar-refractivity contribution in [3.05, 3.63) is 0 Å². The molecule has 0 aliphatic carbocycles. The summed E-state index contributed by atoms with van der Waals surface area (Å²) in [7, 11) is 0. The van der Waals surface area contributed by atoms with E-state index >= 15 is 0 Å². The van der Waals surface area contributed by atoms with Crippen molar-refractivity contribution in [2.24, 2.45) is 0 Å². The highest BCUT2D eigenvalue weighted by atomic mass is 32.2. The Morgan fingerprint density at radius 2 is 2.38 bits per heavy atom. The summed E-state index contributed by atoms with van der Waals surface area (Å²) in [6, 6.07) is 0. The number of likely N-dealkylation sites (tertiary alicyclic amines) is 1. The minimum absolute atomic E-state index is 0.148. The van der Waals surface area contributed by atoms with Gasteiger partial charge >= 0.3 is 5.97 Å². The minimum Gasteiger partial charge on any atom is -0.465 e. The number of carbonyl (C=O) groups excluding carboxylic acids is 2. The molecule has 1 fully saturated rings. The summed E-state index contributed by atoms with van der Waals surface area (Å²) in [5, 5.41) is 0. The summed E-state index contributed by atoms with van der Waals surface area (Å²) in [5.74, 6) is 1.45. The Morgan fingerprint density at radius 3 is 3.00 bits per heavy atom. The van der Waals surface area contributed by atoms with Gasteiger partial charge in [-0.15, -0.1) is 0 Å². The van der Waals surface area contributed by atoms with E-state index in [1.807, 2.05) is 11.8 Å². The van der Waals surface area contributed by atoms with Crippen LogP contribution in [0, 0.1) is 0 Å². The van der Waals surface area contributed by atoms with Crippen molar-refractivity contribution < 1.29 is 14.3 Å². The molecule has 1 aliphatic heterocycles. The lowest BCUT2D eigenvalue weighted by atomic mass is 10.4. The predicted octanol–water partition coefficient (Wildman–Crippen LogP) is 1.30. The third-order valence-corrected chi connectivity index (χ3v) is 3.43. The molecule has 1 saturated heterocycles. The van der Waals surface area contributed by atoms with Crippen LogP contribution in [0.5, 0.6) is 0 Å². The van der Waals surface area contributed by atoms with Crippen molar-refractivity contribution in [2.45, 2.75) is 26.2 Å². The maximum absolute atomic E-state index is 11.3. The number of carbonyl (C=O) groups is 2. The van der Waals surface area contributed by atoms with Crippen LogP contribution in [0.3, 0.4) is 0 Å². The molecule has 0 atom stereocenters. The fourth-order valence-corrected chi connectivity index (χ4v) is 2.38. The Morgan fingerprint density at radius 1 is 1.56 bits per heavy atom. The van der Waals surface area contributed by atoms with E-state index in [4.69, 9.17) is 4.74 Å². The lowest BCUT2D eigenvalue weighted by Crippen LogP contribution is -2.26. The van der Waals surface area contributed by atoms with E-state index in [9.17, 15) is 9.59 Å². The number of rotatable bonds is 7. The van der Waals surface area contributed by atoms with Crippen molar-refractivity contribution >= 4 is 23.6 Å². The van der Waals surface area contributed by atoms with Gasteiger partial charge in [-0.05, 0) is 25.5 Å². The second kappa shape index (κ2) is 7.54. The highest BCUT2D eigenvalue weighted by Crippen LogP contribution is 2.11. The maximum Gasteiger partial charge on any atom is 0.315 e. The van der Waals surface area contributed by atoms with Crippen molar-refractivity contribution in [2.75, 3.05) is 31.2 Å². The van der Waals surface area contributed by atoms with Crippen molar-refractivity contribution in [1.29, 1.82) is 0 Å². The number of ether oxygens (including phenoxy) is 1. The normalized spacial score (nSPS) is 15.6. The number of thioether (sulfide) groups is 1. The standard InChI is InChI=1S/C11H19NO3S/c1-2-15-11(14)9-16-8-4-7-12-6-3-5-10(12)13/h2-9H2,1H3. The molecule has 5 heteroatoms. The Balaban J connectivity index is 1.95. The Bertz CT molecular complexity index is 245. The van der Waals surface area contributed by atoms with E-state index in [2.05, 4.69) is 0 Å². The summed E-state index contributed by atoms with van der Waals surface area (Å²) >= 11 is 1.57. The van der Waals surface area contributed by atoms with Gasteiger partial charge in [-0.3, -0.25) is 9.59 Å². The zero-order valence-corrected chi connectivity index (χ0v) is 10.6. The van der Waals surface area contributed by atoms with Crippen LogP contribution in [-0.4, -0.2) is 48.0 Å². The van der Waals surface area contributed by atoms with Gasteiger partial charge in [0.25, 0.3) is 0 Å². The average Bonchev–Trinajstić information content (AvgIpc) is 2.64.